The molecule has 1 aliphatic carbocycles. The first kappa shape index (κ1) is 22.3. The highest BCUT2D eigenvalue weighted by Gasteiger charge is 2.52. The number of amidine groups is 1. The molecule has 1 saturated carbocycles. The highest BCUT2D eigenvalue weighted by molar-refractivity contribution is 6.16. The van der Waals surface area contributed by atoms with E-state index in [0.717, 1.165) is 56.7 Å². The quantitative estimate of drug-likeness (QED) is 0.518. The van der Waals surface area contributed by atoms with Crippen molar-refractivity contribution in [1.82, 2.24) is 15.2 Å². The van der Waals surface area contributed by atoms with Crippen molar-refractivity contribution in [3.8, 4) is 0 Å². The molecule has 2 fully saturated rings. The summed E-state index contributed by atoms with van der Waals surface area (Å²) in [6.45, 7) is 2.50. The number of nitrogens with zero attached hydrogens (tertiary/aromatic N) is 3. The summed E-state index contributed by atoms with van der Waals surface area (Å²) in [6, 6.07) is 17.0. The number of anilines is 1. The van der Waals surface area contributed by atoms with Crippen LogP contribution in [0.25, 0.3) is 10.9 Å². The molecule has 3 heterocycles. The number of rotatable bonds is 4. The lowest BCUT2D eigenvalue weighted by atomic mass is 9.83. The molecule has 2 aromatic carbocycles. The van der Waals surface area contributed by atoms with E-state index in [-0.39, 0.29) is 11.8 Å². The summed E-state index contributed by atoms with van der Waals surface area (Å²) in [7, 11) is 0. The number of aromatic nitrogens is 1. The second-order valence-electron chi connectivity index (χ2n) is 10.2. The van der Waals surface area contributed by atoms with Crippen LogP contribution in [-0.4, -0.2) is 46.4 Å². The number of para-hydroxylation sites is 1. The molecule has 7 heteroatoms. The summed E-state index contributed by atoms with van der Waals surface area (Å²) in [4.78, 5) is 25.5. The van der Waals surface area contributed by atoms with Crippen LogP contribution in [-0.2, 0) is 6.54 Å². The number of aromatic amines is 1. The van der Waals surface area contributed by atoms with Crippen molar-refractivity contribution in [2.45, 2.75) is 63.1 Å². The van der Waals surface area contributed by atoms with Crippen molar-refractivity contribution in [2.75, 3.05) is 18.0 Å². The van der Waals surface area contributed by atoms with Crippen LogP contribution in [0.4, 0.5) is 14.9 Å². The fraction of sp³-hybridized carbons (Fsp3) is 0.429. The number of likely N-dealkylation sites (tertiary alicyclic amines) is 1. The van der Waals surface area contributed by atoms with Gasteiger partial charge < -0.3 is 10.3 Å². The lowest BCUT2D eigenvalue weighted by molar-refractivity contribution is 0.180. The monoisotopic (exact) mass is 473 g/mol. The number of amides is 2. The lowest BCUT2D eigenvalue weighted by Crippen LogP contribution is -2.62. The molecular formula is C28H32FN5O. The molecule has 6 rings (SSSR count). The number of H-pyrrole nitrogens is 1. The van der Waals surface area contributed by atoms with E-state index in [1.54, 1.807) is 11.0 Å². The Kier molecular flexibility index (Phi) is 5.80. The van der Waals surface area contributed by atoms with Gasteiger partial charge in [0.05, 0.1) is 0 Å². The van der Waals surface area contributed by atoms with Crippen LogP contribution in [0, 0.1) is 5.82 Å². The van der Waals surface area contributed by atoms with Gasteiger partial charge in [-0.15, -0.1) is 0 Å². The number of carbonyl (C=O) groups is 1. The van der Waals surface area contributed by atoms with Crippen LogP contribution >= 0.6 is 0 Å². The lowest BCUT2D eigenvalue weighted by Gasteiger charge is -2.45. The van der Waals surface area contributed by atoms with Gasteiger partial charge >= 0.3 is 6.03 Å². The van der Waals surface area contributed by atoms with Crippen molar-refractivity contribution in [3.05, 3.63) is 66.1 Å². The highest BCUT2D eigenvalue weighted by Crippen LogP contribution is 2.39. The van der Waals surface area contributed by atoms with Crippen molar-refractivity contribution in [3.63, 3.8) is 0 Å². The first-order chi connectivity index (χ1) is 17.1. The Morgan fingerprint density at radius 2 is 1.83 bits per heavy atom. The number of nitrogens with one attached hydrogen (secondary N) is 2. The number of halogens is 1. The van der Waals surface area contributed by atoms with Crippen molar-refractivity contribution < 1.29 is 9.18 Å². The molecule has 6 nitrogen and oxygen atoms in total. The number of piperidine rings is 1. The van der Waals surface area contributed by atoms with Gasteiger partial charge in [-0.1, -0.05) is 43.5 Å². The molecule has 2 amide bonds. The molecule has 0 atom stereocenters. The minimum atomic E-state index is -0.556. The van der Waals surface area contributed by atoms with Gasteiger partial charge in [-0.2, -0.15) is 4.99 Å². The fourth-order valence-electron chi connectivity index (χ4n) is 6.12. The Labute approximate surface area is 205 Å². The number of carbonyl (C=O) groups excluding carboxylic acids is 1. The van der Waals surface area contributed by atoms with E-state index < -0.39 is 5.54 Å². The zero-order chi connectivity index (χ0) is 23.8. The third-order valence-corrected chi connectivity index (χ3v) is 7.94. The number of urea groups is 1. The smallest absolute Gasteiger partial charge is 0.350 e. The van der Waals surface area contributed by atoms with Gasteiger partial charge in [0.2, 0.25) is 0 Å². The van der Waals surface area contributed by atoms with Crippen LogP contribution in [0.2, 0.25) is 0 Å². The number of hydrogen-bond donors (Lipinski definition) is 2. The minimum absolute atomic E-state index is 0.294. The maximum Gasteiger partial charge on any atom is 0.350 e. The highest BCUT2D eigenvalue weighted by atomic mass is 19.1. The van der Waals surface area contributed by atoms with Crippen LogP contribution in [0.15, 0.2) is 59.6 Å². The van der Waals surface area contributed by atoms with Crippen LogP contribution in [0.5, 0.6) is 0 Å². The van der Waals surface area contributed by atoms with Crippen molar-refractivity contribution in [1.29, 1.82) is 0 Å². The number of hydrogen-bond acceptors (Lipinski definition) is 3. The SMILES string of the molecule is O=C1N=C(NC2CCCCC2)C2(CCN(Cc3cc4ccccc4[nH]3)CC2)N1c1cccc(F)c1. The summed E-state index contributed by atoms with van der Waals surface area (Å²) in [5.41, 5.74) is 2.38. The molecule has 1 aromatic heterocycles. The van der Waals surface area contributed by atoms with Crippen LogP contribution < -0.4 is 10.2 Å². The maximum absolute atomic E-state index is 14.2. The second-order valence-corrected chi connectivity index (χ2v) is 10.2. The Bertz CT molecular complexity index is 1220. The van der Waals surface area contributed by atoms with Gasteiger partial charge in [0.1, 0.15) is 17.2 Å². The molecule has 0 bridgehead atoms. The summed E-state index contributed by atoms with van der Waals surface area (Å²) < 4.78 is 14.2. The van der Waals surface area contributed by atoms with Gasteiger partial charge in [-0.25, -0.2) is 9.18 Å². The van der Waals surface area contributed by atoms with E-state index in [0.29, 0.717) is 11.7 Å². The molecule has 1 saturated heterocycles. The zero-order valence-electron chi connectivity index (χ0n) is 20.0. The van der Waals surface area contributed by atoms with E-state index in [9.17, 15) is 9.18 Å². The predicted octanol–water partition coefficient (Wildman–Crippen LogP) is 5.60. The largest absolute Gasteiger partial charge is 0.369 e. The summed E-state index contributed by atoms with van der Waals surface area (Å²) >= 11 is 0. The Balaban J connectivity index is 1.25. The van der Waals surface area contributed by atoms with Crippen LogP contribution in [0.1, 0.15) is 50.6 Å². The summed E-state index contributed by atoms with van der Waals surface area (Å²) in [5, 5.41) is 4.90. The molecule has 182 valence electrons. The van der Waals surface area contributed by atoms with E-state index in [2.05, 4.69) is 44.5 Å². The Morgan fingerprint density at radius 3 is 2.60 bits per heavy atom. The average molecular weight is 474 g/mol. The third kappa shape index (κ3) is 4.22. The molecular weight excluding hydrogens is 441 g/mol. The average Bonchev–Trinajstić information content (AvgIpc) is 3.39. The molecule has 3 aliphatic rings. The van der Waals surface area contributed by atoms with Gasteiger partial charge in [-0.05, 0) is 61.4 Å². The number of benzene rings is 2. The van der Waals surface area contributed by atoms with E-state index in [1.165, 1.54) is 42.5 Å². The first-order valence-electron chi connectivity index (χ1n) is 12.9. The van der Waals surface area contributed by atoms with Crippen molar-refractivity contribution >= 4 is 28.5 Å². The van der Waals surface area contributed by atoms with Gasteiger partial charge in [-0.3, -0.25) is 9.80 Å². The van der Waals surface area contributed by atoms with Crippen LogP contribution in [0.3, 0.4) is 0 Å². The zero-order valence-corrected chi connectivity index (χ0v) is 20.0. The topological polar surface area (TPSA) is 63.7 Å². The first-order valence-corrected chi connectivity index (χ1v) is 12.9. The maximum atomic E-state index is 14.2. The Morgan fingerprint density at radius 1 is 1.03 bits per heavy atom. The van der Waals surface area contributed by atoms with E-state index in [1.807, 2.05) is 12.1 Å². The molecule has 1 spiro atoms. The second kappa shape index (κ2) is 9.11. The van der Waals surface area contributed by atoms with Gasteiger partial charge in [0.15, 0.2) is 0 Å². The summed E-state index contributed by atoms with van der Waals surface area (Å²) in [6.07, 6.45) is 7.41. The van der Waals surface area contributed by atoms with Gasteiger partial charge in [0, 0.05) is 42.6 Å². The fourth-order valence-corrected chi connectivity index (χ4v) is 6.12. The number of fused-ring (bicyclic) bond motifs is 1. The molecule has 35 heavy (non-hydrogen) atoms. The van der Waals surface area contributed by atoms with Crippen molar-refractivity contribution in [2.24, 2.45) is 4.99 Å². The van der Waals surface area contributed by atoms with Gasteiger partial charge in [0.25, 0.3) is 0 Å². The van der Waals surface area contributed by atoms with E-state index >= 15 is 0 Å². The Hall–Kier alpha value is -3.19. The number of aliphatic imine (C=N–C) groups is 1. The molecule has 3 aromatic rings. The molecule has 2 aliphatic heterocycles. The third-order valence-electron chi connectivity index (χ3n) is 7.94. The summed E-state index contributed by atoms with van der Waals surface area (Å²) in [5.74, 6) is 0.444. The minimum Gasteiger partial charge on any atom is -0.369 e. The standard InChI is InChI=1S/C28H32FN5O/c29-21-8-6-11-24(18-21)34-27(35)32-26(31-22-9-2-1-3-10-22)28(34)13-15-33(16-14-28)19-23-17-20-7-4-5-12-25(20)30-23/h4-8,11-12,17-18,22,30H,1-3,9-10,13-16,19H2,(H,31,32,35). The normalized spacial score (nSPS) is 21.1. The molecule has 0 radical (unpaired) electrons. The van der Waals surface area contributed by atoms with E-state index in [4.69, 9.17) is 0 Å². The molecule has 2 N–H and O–H groups in total. The molecule has 0 unspecified atom stereocenters. The predicted molar refractivity (Wildman–Crippen MR) is 137 cm³/mol.